The lowest BCUT2D eigenvalue weighted by molar-refractivity contribution is -0.115. The second kappa shape index (κ2) is 10.4. The molecule has 4 aromatic carbocycles. The van der Waals surface area contributed by atoms with Gasteiger partial charge in [0.2, 0.25) is 5.91 Å². The number of anilines is 2. The van der Waals surface area contributed by atoms with Crippen LogP contribution >= 0.6 is 11.8 Å². The minimum Gasteiger partial charge on any atom is -0.325 e. The molecule has 33 heavy (non-hydrogen) atoms. The number of aryl methyl sites for hydroxylation is 1. The molecule has 0 heterocycles. The van der Waals surface area contributed by atoms with Crippen molar-refractivity contribution in [2.75, 3.05) is 10.6 Å². The van der Waals surface area contributed by atoms with Gasteiger partial charge in [0.05, 0.1) is 5.25 Å². The quantitative estimate of drug-likeness (QED) is 0.298. The summed E-state index contributed by atoms with van der Waals surface area (Å²) in [7, 11) is 0. The standard InChI is InChI=1S/C28H26N2O2S/c1-3-26(28(32)30-23-11-6-8-19(2)16-23)33-25-13-7-12-24(18-25)29-27(31)22-15-14-20-9-4-5-10-21(20)17-22/h4-18,26H,3H2,1-2H3,(H,29,31)(H,30,32). The molecule has 0 aromatic heterocycles. The highest BCUT2D eigenvalue weighted by atomic mass is 32.2. The van der Waals surface area contributed by atoms with Crippen molar-refractivity contribution in [3.8, 4) is 0 Å². The summed E-state index contributed by atoms with van der Waals surface area (Å²) in [5.41, 5.74) is 3.21. The van der Waals surface area contributed by atoms with Crippen molar-refractivity contribution in [2.24, 2.45) is 0 Å². The summed E-state index contributed by atoms with van der Waals surface area (Å²) in [4.78, 5) is 26.5. The smallest absolute Gasteiger partial charge is 0.255 e. The molecule has 0 radical (unpaired) electrons. The lowest BCUT2D eigenvalue weighted by Gasteiger charge is -2.16. The van der Waals surface area contributed by atoms with Crippen molar-refractivity contribution in [1.82, 2.24) is 0 Å². The minimum absolute atomic E-state index is 0.0290. The van der Waals surface area contributed by atoms with Crippen LogP contribution < -0.4 is 10.6 Å². The fraction of sp³-hybridized carbons (Fsp3) is 0.143. The van der Waals surface area contributed by atoms with E-state index in [1.54, 1.807) is 0 Å². The third-order valence-electron chi connectivity index (χ3n) is 5.33. The van der Waals surface area contributed by atoms with Gasteiger partial charge in [-0.05, 0) is 72.1 Å². The summed E-state index contributed by atoms with van der Waals surface area (Å²) >= 11 is 1.50. The molecule has 0 spiro atoms. The van der Waals surface area contributed by atoms with Crippen LogP contribution in [0.25, 0.3) is 10.8 Å². The maximum atomic E-state index is 12.8. The van der Waals surface area contributed by atoms with Crippen LogP contribution in [0.3, 0.4) is 0 Å². The number of rotatable bonds is 7. The molecule has 5 heteroatoms. The molecule has 1 atom stereocenters. The molecule has 1 unspecified atom stereocenters. The molecule has 4 rings (SSSR count). The second-order valence-corrected chi connectivity index (χ2v) is 9.19. The fourth-order valence-corrected chi connectivity index (χ4v) is 4.63. The zero-order valence-corrected chi connectivity index (χ0v) is 19.5. The number of thioether (sulfide) groups is 1. The van der Waals surface area contributed by atoms with E-state index in [0.29, 0.717) is 17.7 Å². The van der Waals surface area contributed by atoms with Gasteiger partial charge in [-0.2, -0.15) is 0 Å². The van der Waals surface area contributed by atoms with E-state index in [1.165, 1.54) is 11.8 Å². The van der Waals surface area contributed by atoms with Crippen molar-refractivity contribution in [3.05, 3.63) is 102 Å². The average molecular weight is 455 g/mol. The molecule has 0 aliphatic carbocycles. The molecule has 4 aromatic rings. The molecule has 0 bridgehead atoms. The number of hydrogen-bond acceptors (Lipinski definition) is 3. The number of hydrogen-bond donors (Lipinski definition) is 2. The Bertz CT molecular complexity index is 1300. The SMILES string of the molecule is CCC(Sc1cccc(NC(=O)c2ccc3ccccc3c2)c1)C(=O)Nc1cccc(C)c1. The van der Waals surface area contributed by atoms with Gasteiger partial charge in [0, 0.05) is 21.8 Å². The van der Waals surface area contributed by atoms with Gasteiger partial charge in [-0.15, -0.1) is 11.8 Å². The number of carbonyl (C=O) groups is 2. The summed E-state index contributed by atoms with van der Waals surface area (Å²) < 4.78 is 0. The van der Waals surface area contributed by atoms with E-state index in [1.807, 2.05) is 105 Å². The lowest BCUT2D eigenvalue weighted by atomic mass is 10.1. The molecule has 0 fully saturated rings. The Hall–Kier alpha value is -3.57. The molecule has 166 valence electrons. The van der Waals surface area contributed by atoms with E-state index in [2.05, 4.69) is 10.6 Å². The number of fused-ring (bicyclic) bond motifs is 1. The first-order valence-electron chi connectivity index (χ1n) is 11.0. The maximum Gasteiger partial charge on any atom is 0.255 e. The highest BCUT2D eigenvalue weighted by molar-refractivity contribution is 8.00. The average Bonchev–Trinajstić information content (AvgIpc) is 2.82. The highest BCUT2D eigenvalue weighted by Gasteiger charge is 2.18. The van der Waals surface area contributed by atoms with Crippen LogP contribution in [0.5, 0.6) is 0 Å². The van der Waals surface area contributed by atoms with E-state index < -0.39 is 0 Å². The molecule has 0 saturated carbocycles. The van der Waals surface area contributed by atoms with Crippen molar-refractivity contribution in [2.45, 2.75) is 30.4 Å². The first-order valence-corrected chi connectivity index (χ1v) is 11.8. The topological polar surface area (TPSA) is 58.2 Å². The summed E-state index contributed by atoms with van der Waals surface area (Å²) in [6.07, 6.45) is 0.690. The van der Waals surface area contributed by atoms with Crippen LogP contribution in [0.15, 0.2) is 95.9 Å². The summed E-state index contributed by atoms with van der Waals surface area (Å²) in [6.45, 7) is 4.00. The predicted octanol–water partition coefficient (Wildman–Crippen LogP) is 6.91. The summed E-state index contributed by atoms with van der Waals surface area (Å²) in [6, 6.07) is 29.0. The van der Waals surface area contributed by atoms with E-state index >= 15 is 0 Å². The molecule has 0 aliphatic rings. The molecule has 0 saturated heterocycles. The largest absolute Gasteiger partial charge is 0.325 e. The van der Waals surface area contributed by atoms with Gasteiger partial charge in [0.25, 0.3) is 5.91 Å². The first-order chi connectivity index (χ1) is 16.0. The summed E-state index contributed by atoms with van der Waals surface area (Å²) in [5, 5.41) is 7.87. The highest BCUT2D eigenvalue weighted by Crippen LogP contribution is 2.29. The van der Waals surface area contributed by atoms with Crippen LogP contribution in [0.1, 0.15) is 29.3 Å². The van der Waals surface area contributed by atoms with Crippen molar-refractivity contribution in [1.29, 1.82) is 0 Å². The van der Waals surface area contributed by atoms with Crippen molar-refractivity contribution < 1.29 is 9.59 Å². The molecule has 2 N–H and O–H groups in total. The van der Waals surface area contributed by atoms with Crippen LogP contribution in [0, 0.1) is 6.92 Å². The van der Waals surface area contributed by atoms with E-state index in [9.17, 15) is 9.59 Å². The molecule has 2 amide bonds. The number of carbonyl (C=O) groups excluding carboxylic acids is 2. The van der Waals surface area contributed by atoms with Crippen LogP contribution in [-0.4, -0.2) is 17.1 Å². The van der Waals surface area contributed by atoms with Crippen LogP contribution in [-0.2, 0) is 4.79 Å². The van der Waals surface area contributed by atoms with Gasteiger partial charge >= 0.3 is 0 Å². The Morgan fingerprint density at radius 2 is 1.52 bits per heavy atom. The van der Waals surface area contributed by atoms with Gasteiger partial charge < -0.3 is 10.6 Å². The van der Waals surface area contributed by atoms with Gasteiger partial charge in [0.1, 0.15) is 0 Å². The molecule has 0 aliphatic heterocycles. The van der Waals surface area contributed by atoms with Gasteiger partial charge in [-0.3, -0.25) is 9.59 Å². The Kier molecular flexibility index (Phi) is 7.10. The van der Waals surface area contributed by atoms with Gasteiger partial charge in [-0.1, -0.05) is 55.5 Å². The Balaban J connectivity index is 1.43. The Morgan fingerprint density at radius 1 is 0.788 bits per heavy atom. The summed E-state index contributed by atoms with van der Waals surface area (Å²) in [5.74, 6) is -0.189. The number of benzene rings is 4. The number of nitrogens with one attached hydrogen (secondary N) is 2. The monoisotopic (exact) mass is 454 g/mol. The zero-order chi connectivity index (χ0) is 23.2. The van der Waals surface area contributed by atoms with Crippen LogP contribution in [0.4, 0.5) is 11.4 Å². The van der Waals surface area contributed by atoms with E-state index in [4.69, 9.17) is 0 Å². The first kappa shape index (κ1) is 22.6. The van der Waals surface area contributed by atoms with Gasteiger partial charge in [-0.25, -0.2) is 0 Å². The Labute approximate surface area is 198 Å². The molecular formula is C28H26N2O2S. The minimum atomic E-state index is -0.239. The van der Waals surface area contributed by atoms with Crippen molar-refractivity contribution in [3.63, 3.8) is 0 Å². The Morgan fingerprint density at radius 3 is 2.27 bits per heavy atom. The lowest BCUT2D eigenvalue weighted by Crippen LogP contribution is -2.24. The van der Waals surface area contributed by atoms with Crippen molar-refractivity contribution >= 4 is 45.7 Å². The third-order valence-corrected chi connectivity index (χ3v) is 6.69. The normalized spacial score (nSPS) is 11.7. The third kappa shape index (κ3) is 5.82. The number of amides is 2. The fourth-order valence-electron chi connectivity index (χ4n) is 3.61. The predicted molar refractivity (Wildman–Crippen MR) is 138 cm³/mol. The second-order valence-electron chi connectivity index (χ2n) is 7.92. The van der Waals surface area contributed by atoms with E-state index in [-0.39, 0.29) is 17.1 Å². The van der Waals surface area contributed by atoms with E-state index in [0.717, 1.165) is 26.9 Å². The maximum absolute atomic E-state index is 12.8. The molecular weight excluding hydrogens is 428 g/mol. The van der Waals surface area contributed by atoms with Gasteiger partial charge in [0.15, 0.2) is 0 Å². The molecule has 4 nitrogen and oxygen atoms in total. The zero-order valence-electron chi connectivity index (χ0n) is 18.7. The van der Waals surface area contributed by atoms with Crippen LogP contribution in [0.2, 0.25) is 0 Å².